The minimum Gasteiger partial charge on any atom is -0.493 e. The maximum atomic E-state index is 13.6. The number of benzene rings is 2. The number of carboxylic acid groups (broad SMARTS) is 1. The molecule has 0 aromatic heterocycles. The molecule has 0 fully saturated rings. The molecule has 2 rings (SSSR count). The minimum absolute atomic E-state index is 0.0798. The van der Waals surface area contributed by atoms with Crippen LogP contribution in [0.2, 0.25) is 0 Å². The molecule has 2 N–H and O–H groups in total. The third-order valence-corrected chi connectivity index (χ3v) is 3.41. The van der Waals surface area contributed by atoms with Crippen LogP contribution in [0.3, 0.4) is 0 Å². The number of carbonyl (C=O) groups is 1. The van der Waals surface area contributed by atoms with Crippen LogP contribution in [0.5, 0.6) is 5.75 Å². The highest BCUT2D eigenvalue weighted by molar-refractivity contribution is 5.95. The van der Waals surface area contributed by atoms with Crippen molar-refractivity contribution in [3.8, 4) is 5.75 Å². The van der Waals surface area contributed by atoms with E-state index in [2.05, 4.69) is 5.32 Å². The van der Waals surface area contributed by atoms with E-state index in [9.17, 15) is 22.4 Å². The van der Waals surface area contributed by atoms with Gasteiger partial charge in [-0.3, -0.25) is 0 Å². The number of anilines is 2. The van der Waals surface area contributed by atoms with Crippen molar-refractivity contribution in [3.05, 3.63) is 52.8 Å². The molecule has 2 aromatic carbocycles. The summed E-state index contributed by atoms with van der Waals surface area (Å²) in [6.07, 6.45) is -4.62. The zero-order valence-electron chi connectivity index (χ0n) is 12.7. The second kappa shape index (κ2) is 6.38. The first-order valence-electron chi connectivity index (χ1n) is 6.69. The molecule has 0 saturated carbocycles. The molecular weight excluding hydrogens is 330 g/mol. The van der Waals surface area contributed by atoms with Gasteiger partial charge < -0.3 is 15.2 Å². The summed E-state index contributed by atoms with van der Waals surface area (Å²) in [6, 6.07) is 4.61. The van der Waals surface area contributed by atoms with Crippen molar-refractivity contribution in [3.63, 3.8) is 0 Å². The van der Waals surface area contributed by atoms with Gasteiger partial charge in [0.1, 0.15) is 0 Å². The average molecular weight is 343 g/mol. The van der Waals surface area contributed by atoms with Crippen LogP contribution < -0.4 is 10.1 Å². The zero-order valence-corrected chi connectivity index (χ0v) is 12.7. The number of nitrogens with one attached hydrogen (secondary N) is 1. The number of halogens is 4. The zero-order chi connectivity index (χ0) is 18.1. The number of rotatable bonds is 4. The monoisotopic (exact) mass is 343 g/mol. The quantitative estimate of drug-likeness (QED) is 0.797. The van der Waals surface area contributed by atoms with Crippen LogP contribution in [0.4, 0.5) is 28.9 Å². The average Bonchev–Trinajstić information content (AvgIpc) is 2.49. The van der Waals surface area contributed by atoms with Crippen LogP contribution in [-0.2, 0) is 6.18 Å². The van der Waals surface area contributed by atoms with Crippen molar-refractivity contribution in [2.75, 3.05) is 12.4 Å². The highest BCUT2D eigenvalue weighted by Crippen LogP contribution is 2.35. The summed E-state index contributed by atoms with van der Waals surface area (Å²) in [5.74, 6) is -2.11. The van der Waals surface area contributed by atoms with Crippen LogP contribution in [0.25, 0.3) is 0 Å². The lowest BCUT2D eigenvalue weighted by Gasteiger charge is -2.16. The molecule has 128 valence electrons. The number of hydrogen-bond acceptors (Lipinski definition) is 3. The third-order valence-electron chi connectivity index (χ3n) is 3.41. The Bertz CT molecular complexity index is 788. The highest BCUT2D eigenvalue weighted by Gasteiger charge is 2.31. The van der Waals surface area contributed by atoms with E-state index in [0.717, 1.165) is 12.1 Å². The smallest absolute Gasteiger partial charge is 0.416 e. The Morgan fingerprint density at radius 3 is 2.38 bits per heavy atom. The Morgan fingerprint density at radius 2 is 1.83 bits per heavy atom. The summed E-state index contributed by atoms with van der Waals surface area (Å²) in [6.45, 7) is 1.50. The van der Waals surface area contributed by atoms with Crippen LogP contribution in [0, 0.1) is 12.7 Å². The topological polar surface area (TPSA) is 58.6 Å². The molecule has 0 atom stereocenters. The number of alkyl halides is 3. The molecule has 0 saturated heterocycles. The fourth-order valence-electron chi connectivity index (χ4n) is 2.20. The highest BCUT2D eigenvalue weighted by atomic mass is 19.4. The molecule has 2 aromatic rings. The maximum Gasteiger partial charge on any atom is 0.416 e. The third kappa shape index (κ3) is 3.42. The number of hydrogen-bond donors (Lipinski definition) is 2. The summed E-state index contributed by atoms with van der Waals surface area (Å²) in [4.78, 5) is 11.2. The van der Waals surface area contributed by atoms with Gasteiger partial charge in [0.15, 0.2) is 11.6 Å². The van der Waals surface area contributed by atoms with Gasteiger partial charge in [0.25, 0.3) is 0 Å². The summed E-state index contributed by atoms with van der Waals surface area (Å²) >= 11 is 0. The second-order valence-electron chi connectivity index (χ2n) is 4.94. The molecule has 0 amide bonds. The van der Waals surface area contributed by atoms with Gasteiger partial charge in [-0.25, -0.2) is 9.18 Å². The normalized spacial score (nSPS) is 11.2. The summed E-state index contributed by atoms with van der Waals surface area (Å²) in [7, 11) is 1.25. The fraction of sp³-hybridized carbons (Fsp3) is 0.188. The Labute approximate surface area is 134 Å². The molecule has 8 heteroatoms. The van der Waals surface area contributed by atoms with Crippen molar-refractivity contribution < 1.29 is 32.2 Å². The summed E-state index contributed by atoms with van der Waals surface area (Å²) < 4.78 is 57.0. The Kier molecular flexibility index (Phi) is 4.68. The molecule has 0 aliphatic heterocycles. The largest absolute Gasteiger partial charge is 0.493 e. The molecule has 0 spiro atoms. The van der Waals surface area contributed by atoms with Gasteiger partial charge in [-0.15, -0.1) is 0 Å². The molecule has 24 heavy (non-hydrogen) atoms. The lowest BCUT2D eigenvalue weighted by atomic mass is 10.1. The van der Waals surface area contributed by atoms with Crippen molar-refractivity contribution in [1.29, 1.82) is 0 Å². The van der Waals surface area contributed by atoms with Crippen molar-refractivity contribution >= 4 is 17.3 Å². The summed E-state index contributed by atoms with van der Waals surface area (Å²) in [5, 5.41) is 11.8. The van der Waals surface area contributed by atoms with E-state index in [1.165, 1.54) is 20.1 Å². The molecule has 0 radical (unpaired) electrons. The molecule has 0 aliphatic carbocycles. The van der Waals surface area contributed by atoms with Gasteiger partial charge in [-0.2, -0.15) is 13.2 Å². The minimum atomic E-state index is -4.62. The van der Waals surface area contributed by atoms with Gasteiger partial charge in [0.05, 0.1) is 23.9 Å². The predicted molar refractivity (Wildman–Crippen MR) is 79.4 cm³/mol. The lowest BCUT2D eigenvalue weighted by Crippen LogP contribution is -2.09. The van der Waals surface area contributed by atoms with Crippen molar-refractivity contribution in [2.45, 2.75) is 13.1 Å². The van der Waals surface area contributed by atoms with E-state index in [0.29, 0.717) is 17.7 Å². The van der Waals surface area contributed by atoms with E-state index < -0.39 is 23.5 Å². The number of ether oxygens (including phenoxy) is 1. The lowest BCUT2D eigenvalue weighted by molar-refractivity contribution is -0.137. The first kappa shape index (κ1) is 17.6. The van der Waals surface area contributed by atoms with Crippen LogP contribution >= 0.6 is 0 Å². The van der Waals surface area contributed by atoms with Gasteiger partial charge in [0.2, 0.25) is 0 Å². The standard InChI is InChI=1S/C16H13F4NO3/c1-8-12(6-5-11(17)14(8)24-2)21-13-7-9(16(18,19)20)3-4-10(13)15(22)23/h3-7,21H,1-2H3,(H,22,23). The molecule has 0 unspecified atom stereocenters. The number of carboxylic acids is 1. The van der Waals surface area contributed by atoms with E-state index in [1.807, 2.05) is 0 Å². The van der Waals surface area contributed by atoms with Gasteiger partial charge >= 0.3 is 12.1 Å². The van der Waals surface area contributed by atoms with Gasteiger partial charge in [-0.1, -0.05) is 0 Å². The maximum absolute atomic E-state index is 13.6. The van der Waals surface area contributed by atoms with Crippen LogP contribution in [0.15, 0.2) is 30.3 Å². The molecule has 0 heterocycles. The van der Waals surface area contributed by atoms with E-state index in [-0.39, 0.29) is 22.7 Å². The predicted octanol–water partition coefficient (Wildman–Crippen LogP) is 4.60. The van der Waals surface area contributed by atoms with Gasteiger partial charge in [0, 0.05) is 11.3 Å². The molecule has 0 aliphatic rings. The van der Waals surface area contributed by atoms with E-state index in [4.69, 9.17) is 9.84 Å². The number of methoxy groups -OCH3 is 1. The van der Waals surface area contributed by atoms with Crippen LogP contribution in [0.1, 0.15) is 21.5 Å². The SMILES string of the molecule is COc1c(F)ccc(Nc2cc(C(F)(F)F)ccc2C(=O)O)c1C. The number of aromatic carboxylic acids is 1. The first-order chi connectivity index (χ1) is 11.1. The van der Waals surface area contributed by atoms with E-state index in [1.54, 1.807) is 0 Å². The summed E-state index contributed by atoms with van der Waals surface area (Å²) in [5.41, 5.74) is -1.07. The molecular formula is C16H13F4NO3. The van der Waals surface area contributed by atoms with E-state index >= 15 is 0 Å². The first-order valence-corrected chi connectivity index (χ1v) is 6.69. The van der Waals surface area contributed by atoms with Crippen molar-refractivity contribution in [1.82, 2.24) is 0 Å². The fourth-order valence-corrected chi connectivity index (χ4v) is 2.20. The van der Waals surface area contributed by atoms with Gasteiger partial charge in [-0.05, 0) is 37.3 Å². The van der Waals surface area contributed by atoms with Crippen LogP contribution in [-0.4, -0.2) is 18.2 Å². The Morgan fingerprint density at radius 1 is 1.17 bits per heavy atom. The Hall–Kier alpha value is -2.77. The second-order valence-corrected chi connectivity index (χ2v) is 4.94. The van der Waals surface area contributed by atoms with Crippen molar-refractivity contribution in [2.24, 2.45) is 0 Å². The Balaban J connectivity index is 2.54. The molecule has 0 bridgehead atoms. The molecule has 4 nitrogen and oxygen atoms in total.